The number of benzene rings is 3. The van der Waals surface area contributed by atoms with Gasteiger partial charge in [-0.1, -0.05) is 91.9 Å². The van der Waals surface area contributed by atoms with Crippen LogP contribution in [0.15, 0.2) is 105 Å². The van der Waals surface area contributed by atoms with Gasteiger partial charge in [-0.25, -0.2) is 9.79 Å². The molecule has 10 heteroatoms. The molecule has 0 fully saturated rings. The molecule has 6 rings (SSSR count). The van der Waals surface area contributed by atoms with E-state index in [4.69, 9.17) is 14.1 Å². The number of aromatic nitrogens is 1. The zero-order valence-electron chi connectivity index (χ0n) is 25.7. The predicted molar refractivity (Wildman–Crippen MR) is 177 cm³/mol. The highest BCUT2D eigenvalue weighted by Gasteiger charge is 2.35. The maximum atomic E-state index is 14.2. The monoisotopic (exact) mass is 633 g/mol. The van der Waals surface area contributed by atoms with E-state index in [1.54, 1.807) is 48.8 Å². The maximum Gasteiger partial charge on any atom is 0.338 e. The maximum absolute atomic E-state index is 14.2. The number of furan rings is 1. The Bertz CT molecular complexity index is 2170. The van der Waals surface area contributed by atoms with Crippen LogP contribution in [0.5, 0.6) is 0 Å². The van der Waals surface area contributed by atoms with E-state index in [9.17, 15) is 19.7 Å². The van der Waals surface area contributed by atoms with Crippen molar-refractivity contribution in [3.63, 3.8) is 0 Å². The minimum Gasteiger partial charge on any atom is -0.463 e. The number of carbonyl (C=O) groups is 1. The number of thiazole rings is 1. The SMILES string of the molecule is CCOC(=O)C1=C(c2ccccc2)N=c2s/c(=C\c3ccc(-c4ccc(C)c([N+](=O)[O-])c4)o3)c(=O)n2[C@@H]1c1ccc(C(C)C)cc1. The van der Waals surface area contributed by atoms with E-state index in [1.807, 2.05) is 54.6 Å². The largest absolute Gasteiger partial charge is 0.463 e. The lowest BCUT2D eigenvalue weighted by Gasteiger charge is -2.26. The van der Waals surface area contributed by atoms with Crippen molar-refractivity contribution >= 4 is 34.8 Å². The first kappa shape index (κ1) is 30.7. The Morgan fingerprint density at radius 1 is 1.07 bits per heavy atom. The minimum absolute atomic E-state index is 0.00295. The average molecular weight is 634 g/mol. The van der Waals surface area contributed by atoms with Crippen LogP contribution in [-0.4, -0.2) is 22.1 Å². The molecule has 9 nitrogen and oxygen atoms in total. The molecule has 3 aromatic carbocycles. The molecule has 0 N–H and O–H groups in total. The lowest BCUT2D eigenvalue weighted by molar-refractivity contribution is -0.385. The van der Waals surface area contributed by atoms with Crippen LogP contribution in [0.2, 0.25) is 0 Å². The van der Waals surface area contributed by atoms with Crippen molar-refractivity contribution in [2.75, 3.05) is 6.61 Å². The van der Waals surface area contributed by atoms with Crippen LogP contribution in [0.1, 0.15) is 60.7 Å². The summed E-state index contributed by atoms with van der Waals surface area (Å²) in [6.07, 6.45) is 1.63. The average Bonchev–Trinajstić information content (AvgIpc) is 3.64. The summed E-state index contributed by atoms with van der Waals surface area (Å²) >= 11 is 1.19. The molecular weight excluding hydrogens is 602 g/mol. The third-order valence-electron chi connectivity index (χ3n) is 7.88. The third kappa shape index (κ3) is 5.75. The van der Waals surface area contributed by atoms with Gasteiger partial charge in [-0.05, 0) is 43.0 Å². The first-order valence-corrected chi connectivity index (χ1v) is 15.7. The summed E-state index contributed by atoms with van der Waals surface area (Å²) < 4.78 is 13.5. The third-order valence-corrected chi connectivity index (χ3v) is 8.87. The highest BCUT2D eigenvalue weighted by Crippen LogP contribution is 2.36. The normalized spacial score (nSPS) is 14.7. The summed E-state index contributed by atoms with van der Waals surface area (Å²) in [7, 11) is 0. The fraction of sp³-hybridized carbons (Fsp3) is 0.194. The van der Waals surface area contributed by atoms with Gasteiger partial charge in [0.05, 0.1) is 33.4 Å². The number of carbonyl (C=O) groups excluding carboxylic acids is 1. The van der Waals surface area contributed by atoms with E-state index < -0.39 is 16.9 Å². The van der Waals surface area contributed by atoms with E-state index >= 15 is 0 Å². The van der Waals surface area contributed by atoms with Gasteiger partial charge in [0.2, 0.25) is 0 Å². The van der Waals surface area contributed by atoms with Crippen LogP contribution in [0.4, 0.5) is 5.69 Å². The Morgan fingerprint density at radius 2 is 1.80 bits per heavy atom. The minimum atomic E-state index is -0.783. The summed E-state index contributed by atoms with van der Waals surface area (Å²) in [6, 6.07) is 24.9. The first-order valence-electron chi connectivity index (χ1n) is 14.9. The Hall–Kier alpha value is -5.35. The highest BCUT2D eigenvalue weighted by atomic mass is 32.1. The van der Waals surface area contributed by atoms with E-state index in [0.29, 0.717) is 43.6 Å². The molecule has 1 aliphatic heterocycles. The van der Waals surface area contributed by atoms with Crippen LogP contribution in [0.3, 0.4) is 0 Å². The second kappa shape index (κ2) is 12.6. The molecule has 1 aliphatic rings. The number of nitro benzene ring substituents is 1. The molecule has 232 valence electrons. The van der Waals surface area contributed by atoms with Crippen molar-refractivity contribution in [3.05, 3.63) is 148 Å². The number of fused-ring (bicyclic) bond motifs is 1. The number of rotatable bonds is 8. The van der Waals surface area contributed by atoms with Crippen LogP contribution in [0.25, 0.3) is 23.1 Å². The summed E-state index contributed by atoms with van der Waals surface area (Å²) in [4.78, 5) is 44.2. The summed E-state index contributed by atoms with van der Waals surface area (Å²) in [5, 5.41) is 11.5. The van der Waals surface area contributed by atoms with Crippen molar-refractivity contribution in [3.8, 4) is 11.3 Å². The van der Waals surface area contributed by atoms with Crippen molar-refractivity contribution in [2.24, 2.45) is 4.99 Å². The van der Waals surface area contributed by atoms with Gasteiger partial charge in [0.1, 0.15) is 11.5 Å². The number of nitrogens with zero attached hydrogens (tertiary/aromatic N) is 3. The Morgan fingerprint density at radius 3 is 2.48 bits per heavy atom. The van der Waals surface area contributed by atoms with Crippen LogP contribution >= 0.6 is 11.3 Å². The zero-order chi connectivity index (χ0) is 32.5. The number of esters is 1. The standard InChI is InChI=1S/C36H31N3O6S/c1-5-44-35(41)31-32(24-9-7-6-8-10-24)37-36-38(33(31)25-15-13-23(14-16-25)21(2)3)34(40)30(46-36)20-27-17-18-29(45-27)26-12-11-22(4)28(19-26)39(42)43/h6-21,33H,5H2,1-4H3/b30-20-/t33-/m1/s1. The number of nitro groups is 1. The molecule has 0 saturated heterocycles. The molecule has 0 aliphatic carbocycles. The molecule has 0 unspecified atom stereocenters. The molecular formula is C36H31N3O6S. The Balaban J connectivity index is 1.53. The smallest absolute Gasteiger partial charge is 0.338 e. The van der Waals surface area contributed by atoms with Gasteiger partial charge in [0, 0.05) is 28.8 Å². The molecule has 1 atom stereocenters. The van der Waals surface area contributed by atoms with Crippen molar-refractivity contribution in [1.29, 1.82) is 0 Å². The number of ether oxygens (including phenoxy) is 1. The van der Waals surface area contributed by atoms with E-state index in [-0.39, 0.29) is 23.4 Å². The highest BCUT2D eigenvalue weighted by molar-refractivity contribution is 7.07. The lowest BCUT2D eigenvalue weighted by atomic mass is 9.91. The van der Waals surface area contributed by atoms with Gasteiger partial charge in [-0.2, -0.15) is 0 Å². The van der Waals surface area contributed by atoms with Crippen LogP contribution in [0, 0.1) is 17.0 Å². The van der Waals surface area contributed by atoms with E-state index in [2.05, 4.69) is 13.8 Å². The number of hydrogen-bond acceptors (Lipinski definition) is 8. The van der Waals surface area contributed by atoms with Gasteiger partial charge in [0.25, 0.3) is 11.2 Å². The van der Waals surface area contributed by atoms with Gasteiger partial charge in [-0.15, -0.1) is 0 Å². The summed E-state index contributed by atoms with van der Waals surface area (Å²) in [5.74, 6) is 0.593. The first-order chi connectivity index (χ1) is 22.2. The molecule has 0 radical (unpaired) electrons. The van der Waals surface area contributed by atoms with Gasteiger partial charge >= 0.3 is 5.97 Å². The molecule has 0 saturated carbocycles. The Kier molecular flexibility index (Phi) is 8.38. The van der Waals surface area contributed by atoms with Gasteiger partial charge in [0.15, 0.2) is 4.80 Å². The molecule has 0 bridgehead atoms. The second-order valence-electron chi connectivity index (χ2n) is 11.2. The van der Waals surface area contributed by atoms with Crippen LogP contribution in [-0.2, 0) is 9.53 Å². The molecule has 5 aromatic rings. The van der Waals surface area contributed by atoms with Crippen molar-refractivity contribution in [1.82, 2.24) is 4.57 Å². The van der Waals surface area contributed by atoms with E-state index in [1.165, 1.54) is 17.4 Å². The summed E-state index contributed by atoms with van der Waals surface area (Å²) in [5.41, 5.74) is 4.11. The second-order valence-corrected chi connectivity index (χ2v) is 12.2. The molecule has 2 aromatic heterocycles. The summed E-state index contributed by atoms with van der Waals surface area (Å²) in [6.45, 7) is 7.80. The quantitative estimate of drug-likeness (QED) is 0.109. The lowest BCUT2D eigenvalue weighted by Crippen LogP contribution is -2.40. The molecule has 0 spiro atoms. The Labute approximate surface area is 268 Å². The fourth-order valence-corrected chi connectivity index (χ4v) is 6.47. The van der Waals surface area contributed by atoms with Gasteiger partial charge in [-0.3, -0.25) is 19.5 Å². The topological polar surface area (TPSA) is 117 Å². The van der Waals surface area contributed by atoms with Crippen LogP contribution < -0.4 is 14.9 Å². The van der Waals surface area contributed by atoms with Crippen molar-refractivity contribution in [2.45, 2.75) is 39.7 Å². The fourth-order valence-electron chi connectivity index (χ4n) is 5.49. The van der Waals surface area contributed by atoms with Gasteiger partial charge < -0.3 is 9.15 Å². The van der Waals surface area contributed by atoms with E-state index in [0.717, 1.165) is 16.7 Å². The molecule has 0 amide bonds. The molecule has 3 heterocycles. The van der Waals surface area contributed by atoms with Crippen molar-refractivity contribution < 1.29 is 18.9 Å². The number of aryl methyl sites for hydroxylation is 1. The zero-order valence-corrected chi connectivity index (χ0v) is 26.5. The predicted octanol–water partition coefficient (Wildman–Crippen LogP) is 6.54. The number of hydrogen-bond donors (Lipinski definition) is 0. The molecule has 46 heavy (non-hydrogen) atoms.